The molecule has 0 bridgehead atoms. The van der Waals surface area contributed by atoms with E-state index in [0.29, 0.717) is 0 Å². The van der Waals surface area contributed by atoms with Crippen molar-refractivity contribution in [2.45, 2.75) is 13.0 Å². The number of rotatable bonds is 3. The highest BCUT2D eigenvalue weighted by molar-refractivity contribution is 5.43. The molecule has 0 fully saturated rings. The van der Waals surface area contributed by atoms with E-state index in [1.807, 2.05) is 42.5 Å². The highest BCUT2D eigenvalue weighted by Crippen LogP contribution is 2.18. The summed E-state index contributed by atoms with van der Waals surface area (Å²) >= 11 is 0. The van der Waals surface area contributed by atoms with Crippen LogP contribution in [0, 0.1) is 0 Å². The first-order chi connectivity index (χ1) is 6.86. The number of hydrogen-bond acceptors (Lipinski definition) is 2. The topological polar surface area (TPSA) is 25.2 Å². The lowest BCUT2D eigenvalue weighted by Gasteiger charge is -2.12. The van der Waals surface area contributed by atoms with E-state index in [9.17, 15) is 0 Å². The molecule has 2 nitrogen and oxygen atoms in total. The number of benzene rings is 1. The van der Waals surface area contributed by atoms with Gasteiger partial charge in [0.15, 0.2) is 0 Å². The van der Waals surface area contributed by atoms with Gasteiger partial charge in [-0.3, -0.25) is 0 Å². The lowest BCUT2D eigenvalue weighted by molar-refractivity contribution is 0.490. The van der Waals surface area contributed by atoms with Gasteiger partial charge in [-0.25, -0.2) is 0 Å². The molecule has 0 saturated carbocycles. The molecule has 1 aromatic heterocycles. The van der Waals surface area contributed by atoms with E-state index in [2.05, 4.69) is 12.2 Å². The van der Waals surface area contributed by atoms with Crippen LogP contribution in [0.4, 0.5) is 5.69 Å². The first-order valence-corrected chi connectivity index (χ1v) is 4.71. The molecule has 0 aliphatic carbocycles. The summed E-state index contributed by atoms with van der Waals surface area (Å²) in [6, 6.07) is 14.2. The SMILES string of the molecule is C[C@@H](Nc1ccccc1)c1ccco1. The summed E-state index contributed by atoms with van der Waals surface area (Å²) in [7, 11) is 0. The van der Waals surface area contributed by atoms with Crippen molar-refractivity contribution in [2.24, 2.45) is 0 Å². The fourth-order valence-electron chi connectivity index (χ4n) is 1.39. The molecule has 72 valence electrons. The Morgan fingerprint density at radius 2 is 1.86 bits per heavy atom. The zero-order valence-electron chi connectivity index (χ0n) is 8.10. The molecule has 0 aliphatic rings. The van der Waals surface area contributed by atoms with Gasteiger partial charge in [0.1, 0.15) is 5.76 Å². The van der Waals surface area contributed by atoms with Crippen LogP contribution in [0.1, 0.15) is 18.7 Å². The Bertz CT molecular complexity index is 366. The minimum absolute atomic E-state index is 0.201. The summed E-state index contributed by atoms with van der Waals surface area (Å²) in [5.74, 6) is 0.953. The third-order valence-electron chi connectivity index (χ3n) is 2.13. The van der Waals surface area contributed by atoms with Gasteiger partial charge < -0.3 is 9.73 Å². The van der Waals surface area contributed by atoms with Gasteiger partial charge in [0.2, 0.25) is 0 Å². The van der Waals surface area contributed by atoms with Crippen LogP contribution in [-0.2, 0) is 0 Å². The van der Waals surface area contributed by atoms with Gasteiger partial charge in [-0.15, -0.1) is 0 Å². The van der Waals surface area contributed by atoms with Gasteiger partial charge in [0, 0.05) is 5.69 Å². The number of nitrogens with one attached hydrogen (secondary N) is 1. The predicted octanol–water partition coefficient (Wildman–Crippen LogP) is 3.45. The molecular formula is C12H13NO. The van der Waals surface area contributed by atoms with Crippen molar-refractivity contribution in [2.75, 3.05) is 5.32 Å². The molecule has 0 saturated heterocycles. The van der Waals surface area contributed by atoms with Crippen molar-refractivity contribution in [3.8, 4) is 0 Å². The minimum Gasteiger partial charge on any atom is -0.467 e. The Labute approximate surface area is 83.6 Å². The number of furan rings is 1. The normalized spacial score (nSPS) is 12.4. The Kier molecular flexibility index (Phi) is 2.54. The van der Waals surface area contributed by atoms with Gasteiger partial charge in [0.05, 0.1) is 12.3 Å². The standard InChI is InChI=1S/C12H13NO/c1-10(12-8-5-9-14-12)13-11-6-3-2-4-7-11/h2-10,13H,1H3/t10-/m1/s1. The third-order valence-corrected chi connectivity index (χ3v) is 2.13. The maximum absolute atomic E-state index is 5.30. The second kappa shape index (κ2) is 4.01. The quantitative estimate of drug-likeness (QED) is 0.796. The highest BCUT2D eigenvalue weighted by atomic mass is 16.3. The van der Waals surface area contributed by atoms with E-state index in [-0.39, 0.29) is 6.04 Å². The molecule has 14 heavy (non-hydrogen) atoms. The molecule has 0 radical (unpaired) electrons. The molecule has 1 heterocycles. The van der Waals surface area contributed by atoms with E-state index in [1.165, 1.54) is 0 Å². The van der Waals surface area contributed by atoms with E-state index in [4.69, 9.17) is 4.42 Å². The fourth-order valence-corrected chi connectivity index (χ4v) is 1.39. The largest absolute Gasteiger partial charge is 0.467 e. The molecule has 0 spiro atoms. The van der Waals surface area contributed by atoms with E-state index >= 15 is 0 Å². The van der Waals surface area contributed by atoms with Crippen molar-refractivity contribution in [3.05, 3.63) is 54.5 Å². The average molecular weight is 187 g/mol. The maximum atomic E-state index is 5.30. The summed E-state index contributed by atoms with van der Waals surface area (Å²) in [6.45, 7) is 2.08. The predicted molar refractivity (Wildman–Crippen MR) is 57.2 cm³/mol. The third kappa shape index (κ3) is 1.96. The second-order valence-corrected chi connectivity index (χ2v) is 3.25. The molecular weight excluding hydrogens is 174 g/mol. The molecule has 1 N–H and O–H groups in total. The fraction of sp³-hybridized carbons (Fsp3) is 0.167. The van der Waals surface area contributed by atoms with Crippen LogP contribution >= 0.6 is 0 Å². The van der Waals surface area contributed by atoms with Crippen molar-refractivity contribution < 1.29 is 4.42 Å². The second-order valence-electron chi connectivity index (χ2n) is 3.25. The molecule has 2 heteroatoms. The molecule has 2 rings (SSSR count). The Morgan fingerprint density at radius 3 is 2.50 bits per heavy atom. The van der Waals surface area contributed by atoms with Crippen molar-refractivity contribution >= 4 is 5.69 Å². The number of para-hydroxylation sites is 1. The van der Waals surface area contributed by atoms with Crippen molar-refractivity contribution in [3.63, 3.8) is 0 Å². The van der Waals surface area contributed by atoms with Crippen molar-refractivity contribution in [1.29, 1.82) is 0 Å². The minimum atomic E-state index is 0.201. The lowest BCUT2D eigenvalue weighted by Crippen LogP contribution is -2.04. The Hall–Kier alpha value is -1.70. The molecule has 2 aromatic rings. The summed E-state index contributed by atoms with van der Waals surface area (Å²) in [6.07, 6.45) is 1.69. The number of anilines is 1. The summed E-state index contributed by atoms with van der Waals surface area (Å²) < 4.78 is 5.30. The van der Waals surface area contributed by atoms with Crippen LogP contribution in [-0.4, -0.2) is 0 Å². The first-order valence-electron chi connectivity index (χ1n) is 4.71. The summed E-state index contributed by atoms with van der Waals surface area (Å²) in [5, 5.41) is 3.35. The van der Waals surface area contributed by atoms with E-state index in [1.54, 1.807) is 6.26 Å². The van der Waals surface area contributed by atoms with Gasteiger partial charge >= 0.3 is 0 Å². The zero-order chi connectivity index (χ0) is 9.80. The molecule has 1 atom stereocenters. The highest BCUT2D eigenvalue weighted by Gasteiger charge is 2.06. The average Bonchev–Trinajstić information content (AvgIpc) is 2.72. The molecule has 0 unspecified atom stereocenters. The van der Waals surface area contributed by atoms with Gasteiger partial charge in [-0.1, -0.05) is 18.2 Å². The lowest BCUT2D eigenvalue weighted by atomic mass is 10.2. The monoisotopic (exact) mass is 187 g/mol. The van der Waals surface area contributed by atoms with Gasteiger partial charge in [-0.05, 0) is 31.2 Å². The van der Waals surface area contributed by atoms with Gasteiger partial charge in [-0.2, -0.15) is 0 Å². The van der Waals surface area contributed by atoms with Crippen LogP contribution < -0.4 is 5.32 Å². The van der Waals surface area contributed by atoms with E-state index in [0.717, 1.165) is 11.4 Å². The molecule has 0 amide bonds. The van der Waals surface area contributed by atoms with Crippen LogP contribution in [0.5, 0.6) is 0 Å². The maximum Gasteiger partial charge on any atom is 0.125 e. The smallest absolute Gasteiger partial charge is 0.125 e. The van der Waals surface area contributed by atoms with Crippen LogP contribution in [0.2, 0.25) is 0 Å². The summed E-state index contributed by atoms with van der Waals surface area (Å²) in [5.41, 5.74) is 1.11. The molecule has 1 aromatic carbocycles. The van der Waals surface area contributed by atoms with Crippen LogP contribution in [0.25, 0.3) is 0 Å². The Balaban J connectivity index is 2.06. The van der Waals surface area contributed by atoms with E-state index < -0.39 is 0 Å². The van der Waals surface area contributed by atoms with Gasteiger partial charge in [0.25, 0.3) is 0 Å². The summed E-state index contributed by atoms with van der Waals surface area (Å²) in [4.78, 5) is 0. The number of hydrogen-bond donors (Lipinski definition) is 1. The molecule has 0 aliphatic heterocycles. The Morgan fingerprint density at radius 1 is 1.07 bits per heavy atom. The zero-order valence-corrected chi connectivity index (χ0v) is 8.10. The first kappa shape index (κ1) is 8.88. The van der Waals surface area contributed by atoms with Crippen LogP contribution in [0.3, 0.4) is 0 Å². The van der Waals surface area contributed by atoms with Crippen molar-refractivity contribution in [1.82, 2.24) is 0 Å². The van der Waals surface area contributed by atoms with Crippen LogP contribution in [0.15, 0.2) is 53.1 Å².